The van der Waals surface area contributed by atoms with Gasteiger partial charge < -0.3 is 5.11 Å². The van der Waals surface area contributed by atoms with Gasteiger partial charge in [-0.05, 0) is 18.8 Å². The Morgan fingerprint density at radius 3 is 2.62 bits per heavy atom. The summed E-state index contributed by atoms with van der Waals surface area (Å²) in [5.74, 6) is 1.14. The van der Waals surface area contributed by atoms with Crippen LogP contribution in [0.4, 0.5) is 0 Å². The van der Waals surface area contributed by atoms with Crippen molar-refractivity contribution in [3.8, 4) is 0 Å². The van der Waals surface area contributed by atoms with Crippen molar-refractivity contribution in [2.24, 2.45) is 5.92 Å². The first-order chi connectivity index (χ1) is 3.81. The minimum Gasteiger partial charge on any atom is -0.396 e. The summed E-state index contributed by atoms with van der Waals surface area (Å²) in [4.78, 5) is 0. The molecule has 0 aliphatic heterocycles. The molecule has 0 aromatic rings. The zero-order valence-corrected chi connectivity index (χ0v) is 5.99. The monoisotopic (exact) mass is 136 g/mol. The molecule has 0 amide bonds. The molecule has 0 aliphatic rings. The predicted octanol–water partition coefficient (Wildman–Crippen LogP) is 1.63. The Labute approximate surface area is 55.7 Å². The molecule has 0 saturated heterocycles. The van der Waals surface area contributed by atoms with Crippen LogP contribution < -0.4 is 0 Å². The maximum atomic E-state index is 8.52. The van der Waals surface area contributed by atoms with E-state index < -0.39 is 0 Å². The zero-order chi connectivity index (χ0) is 6.41. The summed E-state index contributed by atoms with van der Waals surface area (Å²) in [7, 11) is 0. The van der Waals surface area contributed by atoms with Gasteiger partial charge in [-0.15, -0.1) is 11.6 Å². The van der Waals surface area contributed by atoms with Crippen molar-refractivity contribution < 1.29 is 5.11 Å². The smallest absolute Gasteiger partial charge is 0.0456 e. The summed E-state index contributed by atoms with van der Waals surface area (Å²) in [6.45, 7) is 2.31. The van der Waals surface area contributed by atoms with E-state index in [4.69, 9.17) is 16.7 Å². The summed E-state index contributed by atoms with van der Waals surface area (Å²) in [6.07, 6.45) is 2.06. The van der Waals surface area contributed by atoms with Gasteiger partial charge in [0.1, 0.15) is 0 Å². The summed E-state index contributed by atoms with van der Waals surface area (Å²) in [6, 6.07) is 0. The number of rotatable bonds is 4. The second-order valence-electron chi connectivity index (χ2n) is 2.12. The summed E-state index contributed by atoms with van der Waals surface area (Å²) < 4.78 is 0. The van der Waals surface area contributed by atoms with Crippen molar-refractivity contribution in [1.29, 1.82) is 0 Å². The number of aliphatic hydroxyl groups excluding tert-OH is 1. The van der Waals surface area contributed by atoms with Crippen LogP contribution >= 0.6 is 11.6 Å². The fraction of sp³-hybridized carbons (Fsp3) is 1.00. The van der Waals surface area contributed by atoms with Crippen LogP contribution in [0, 0.1) is 5.92 Å². The number of halogens is 1. The highest BCUT2D eigenvalue weighted by Crippen LogP contribution is 2.03. The second kappa shape index (κ2) is 5.39. The molecule has 2 heteroatoms. The molecular formula is C6H13ClO. The Morgan fingerprint density at radius 1 is 1.62 bits per heavy atom. The van der Waals surface area contributed by atoms with Gasteiger partial charge in [-0.1, -0.05) is 6.92 Å². The highest BCUT2D eigenvalue weighted by Gasteiger charge is 1.96. The van der Waals surface area contributed by atoms with Crippen molar-refractivity contribution >= 4 is 11.6 Å². The van der Waals surface area contributed by atoms with E-state index in [1.165, 1.54) is 0 Å². The minimum atomic E-state index is 0.289. The normalized spacial score (nSPS) is 13.9. The molecule has 1 nitrogen and oxygen atoms in total. The molecule has 0 fully saturated rings. The molecule has 1 unspecified atom stereocenters. The molecule has 1 atom stereocenters. The van der Waals surface area contributed by atoms with Crippen LogP contribution in [0.15, 0.2) is 0 Å². The quantitative estimate of drug-likeness (QED) is 0.583. The van der Waals surface area contributed by atoms with E-state index >= 15 is 0 Å². The lowest BCUT2D eigenvalue weighted by atomic mass is 10.1. The van der Waals surface area contributed by atoms with Crippen LogP contribution in [0.2, 0.25) is 0 Å². The van der Waals surface area contributed by atoms with E-state index in [-0.39, 0.29) is 6.61 Å². The molecule has 8 heavy (non-hydrogen) atoms. The Morgan fingerprint density at radius 2 is 2.25 bits per heavy atom. The first kappa shape index (κ1) is 8.25. The molecule has 0 spiro atoms. The first-order valence-electron chi connectivity index (χ1n) is 2.98. The number of aliphatic hydroxyl groups is 1. The zero-order valence-electron chi connectivity index (χ0n) is 5.23. The van der Waals surface area contributed by atoms with Crippen LogP contribution in [0.25, 0.3) is 0 Å². The van der Waals surface area contributed by atoms with Gasteiger partial charge in [-0.25, -0.2) is 0 Å². The SMILES string of the molecule is CC(CO)CCCCl. The highest BCUT2D eigenvalue weighted by atomic mass is 35.5. The lowest BCUT2D eigenvalue weighted by Crippen LogP contribution is -1.99. The van der Waals surface area contributed by atoms with Gasteiger partial charge in [0.2, 0.25) is 0 Å². The van der Waals surface area contributed by atoms with Crippen LogP contribution in [-0.2, 0) is 0 Å². The van der Waals surface area contributed by atoms with Crippen LogP contribution in [0.1, 0.15) is 19.8 Å². The van der Waals surface area contributed by atoms with E-state index in [1.54, 1.807) is 0 Å². The molecule has 0 bridgehead atoms. The maximum Gasteiger partial charge on any atom is 0.0456 e. The third-order valence-electron chi connectivity index (χ3n) is 1.14. The van der Waals surface area contributed by atoms with E-state index in [9.17, 15) is 0 Å². The molecule has 0 aromatic heterocycles. The van der Waals surface area contributed by atoms with Crippen LogP contribution in [0.5, 0.6) is 0 Å². The average Bonchev–Trinajstić information content (AvgIpc) is 1.83. The van der Waals surface area contributed by atoms with Crippen molar-refractivity contribution in [3.05, 3.63) is 0 Å². The summed E-state index contributed by atoms with van der Waals surface area (Å²) >= 11 is 5.42. The van der Waals surface area contributed by atoms with Gasteiger partial charge in [0.05, 0.1) is 0 Å². The molecule has 0 radical (unpaired) electrons. The Hall–Kier alpha value is 0.250. The van der Waals surface area contributed by atoms with Gasteiger partial charge in [-0.2, -0.15) is 0 Å². The number of hydrogen-bond donors (Lipinski definition) is 1. The van der Waals surface area contributed by atoms with E-state index in [2.05, 4.69) is 0 Å². The third-order valence-corrected chi connectivity index (χ3v) is 1.41. The maximum absolute atomic E-state index is 8.52. The lowest BCUT2D eigenvalue weighted by molar-refractivity contribution is 0.230. The number of hydrogen-bond acceptors (Lipinski definition) is 1. The van der Waals surface area contributed by atoms with Crippen molar-refractivity contribution in [3.63, 3.8) is 0 Å². The fourth-order valence-electron chi connectivity index (χ4n) is 0.517. The topological polar surface area (TPSA) is 20.2 Å². The van der Waals surface area contributed by atoms with Crippen molar-refractivity contribution in [1.82, 2.24) is 0 Å². The van der Waals surface area contributed by atoms with E-state index in [0.717, 1.165) is 12.8 Å². The minimum absolute atomic E-state index is 0.289. The molecule has 0 aromatic carbocycles. The lowest BCUT2D eigenvalue weighted by Gasteiger charge is -2.03. The van der Waals surface area contributed by atoms with Crippen molar-refractivity contribution in [2.45, 2.75) is 19.8 Å². The first-order valence-corrected chi connectivity index (χ1v) is 3.51. The molecule has 50 valence electrons. The van der Waals surface area contributed by atoms with Crippen LogP contribution in [0.3, 0.4) is 0 Å². The van der Waals surface area contributed by atoms with E-state index in [0.29, 0.717) is 11.8 Å². The standard InChI is InChI=1S/C6H13ClO/c1-6(5-8)3-2-4-7/h6,8H,2-5H2,1H3. The highest BCUT2D eigenvalue weighted by molar-refractivity contribution is 6.17. The third kappa shape index (κ3) is 4.41. The van der Waals surface area contributed by atoms with Gasteiger partial charge in [0.25, 0.3) is 0 Å². The fourth-order valence-corrected chi connectivity index (χ4v) is 0.671. The summed E-state index contributed by atoms with van der Waals surface area (Å²) in [5.41, 5.74) is 0. The number of alkyl halides is 1. The molecular weight excluding hydrogens is 124 g/mol. The van der Waals surface area contributed by atoms with E-state index in [1.807, 2.05) is 6.92 Å². The van der Waals surface area contributed by atoms with Gasteiger partial charge in [0, 0.05) is 12.5 Å². The van der Waals surface area contributed by atoms with Crippen molar-refractivity contribution in [2.75, 3.05) is 12.5 Å². The molecule has 0 aliphatic carbocycles. The van der Waals surface area contributed by atoms with Gasteiger partial charge in [-0.3, -0.25) is 0 Å². The average molecular weight is 137 g/mol. The largest absolute Gasteiger partial charge is 0.396 e. The molecule has 1 N–H and O–H groups in total. The Kier molecular flexibility index (Phi) is 5.56. The van der Waals surface area contributed by atoms with Gasteiger partial charge >= 0.3 is 0 Å². The summed E-state index contributed by atoms with van der Waals surface area (Å²) in [5, 5.41) is 8.52. The Balaban J connectivity index is 2.86. The molecule has 0 heterocycles. The Bertz CT molecular complexity index is 47.8. The van der Waals surface area contributed by atoms with Gasteiger partial charge in [0.15, 0.2) is 0 Å². The molecule has 0 rings (SSSR count). The second-order valence-corrected chi connectivity index (χ2v) is 2.50. The van der Waals surface area contributed by atoms with Crippen LogP contribution in [-0.4, -0.2) is 17.6 Å². The predicted molar refractivity (Wildman–Crippen MR) is 36.2 cm³/mol. The molecule has 0 saturated carbocycles.